The first-order chi connectivity index (χ1) is 9.34. The zero-order chi connectivity index (χ0) is 13.1. The molecule has 1 fully saturated rings. The minimum Gasteiger partial charge on any atom is -0.337 e. The molecule has 0 atom stereocenters. The van der Waals surface area contributed by atoms with Crippen LogP contribution < -0.4 is 0 Å². The summed E-state index contributed by atoms with van der Waals surface area (Å²) in [5.41, 5.74) is 1.66. The van der Waals surface area contributed by atoms with Crippen LogP contribution in [0.1, 0.15) is 29.8 Å². The summed E-state index contributed by atoms with van der Waals surface area (Å²) in [6.45, 7) is 1.74. The molecule has 19 heavy (non-hydrogen) atoms. The molecule has 0 spiro atoms. The van der Waals surface area contributed by atoms with Gasteiger partial charge in [-0.05, 0) is 19.3 Å². The van der Waals surface area contributed by atoms with E-state index in [9.17, 15) is 4.79 Å². The molecule has 0 unspecified atom stereocenters. The molecular weight excluding hydrogens is 256 g/mol. The van der Waals surface area contributed by atoms with Crippen molar-refractivity contribution in [2.24, 2.45) is 0 Å². The van der Waals surface area contributed by atoms with Gasteiger partial charge < -0.3 is 4.90 Å². The molecule has 0 radical (unpaired) electrons. The highest BCUT2D eigenvalue weighted by Gasteiger charge is 2.20. The number of likely N-dealkylation sites (tertiary alicyclic amines) is 1. The zero-order valence-corrected chi connectivity index (χ0v) is 11.5. The Morgan fingerprint density at radius 1 is 1.11 bits per heavy atom. The van der Waals surface area contributed by atoms with E-state index in [4.69, 9.17) is 0 Å². The third-order valence-corrected chi connectivity index (χ3v) is 4.28. The second kappa shape index (κ2) is 5.53. The summed E-state index contributed by atoms with van der Waals surface area (Å²) >= 11 is 1.54. The minimum atomic E-state index is 0.0816. The molecule has 3 nitrogen and oxygen atoms in total. The quantitative estimate of drug-likeness (QED) is 0.839. The van der Waals surface area contributed by atoms with Gasteiger partial charge in [0.1, 0.15) is 10.7 Å². The van der Waals surface area contributed by atoms with Crippen LogP contribution in [0.5, 0.6) is 0 Å². The van der Waals surface area contributed by atoms with Crippen LogP contribution in [-0.2, 0) is 0 Å². The number of carbonyl (C=O) groups excluding carboxylic acids is 1. The van der Waals surface area contributed by atoms with E-state index in [-0.39, 0.29) is 5.91 Å². The molecule has 1 saturated heterocycles. The number of thiazole rings is 1. The molecule has 98 valence electrons. The molecule has 4 heteroatoms. The fourth-order valence-corrected chi connectivity index (χ4v) is 3.14. The molecule has 2 aromatic rings. The molecule has 0 bridgehead atoms. The van der Waals surface area contributed by atoms with Crippen LogP contribution in [-0.4, -0.2) is 28.9 Å². The van der Waals surface area contributed by atoms with Crippen LogP contribution >= 0.6 is 11.3 Å². The van der Waals surface area contributed by atoms with Gasteiger partial charge in [0.2, 0.25) is 0 Å². The number of aromatic nitrogens is 1. The molecular formula is C15H16N2OS. The summed E-state index contributed by atoms with van der Waals surface area (Å²) in [7, 11) is 0. The van der Waals surface area contributed by atoms with Gasteiger partial charge in [0.05, 0.1) is 0 Å². The highest BCUT2D eigenvalue weighted by atomic mass is 32.1. The average molecular weight is 272 g/mol. The normalized spacial score (nSPS) is 15.5. The maximum Gasteiger partial charge on any atom is 0.273 e. The number of nitrogens with zero attached hydrogens (tertiary/aromatic N) is 2. The number of benzene rings is 1. The Morgan fingerprint density at radius 2 is 1.84 bits per heavy atom. The summed E-state index contributed by atoms with van der Waals surface area (Å²) in [5.74, 6) is 0.0816. The summed E-state index contributed by atoms with van der Waals surface area (Å²) < 4.78 is 0. The van der Waals surface area contributed by atoms with Crippen LogP contribution in [0.3, 0.4) is 0 Å². The number of amides is 1. The van der Waals surface area contributed by atoms with Gasteiger partial charge in [-0.25, -0.2) is 4.98 Å². The Labute approximate surface area is 116 Å². The predicted molar refractivity (Wildman–Crippen MR) is 77.3 cm³/mol. The lowest BCUT2D eigenvalue weighted by atomic mass is 10.1. The van der Waals surface area contributed by atoms with Gasteiger partial charge in [0.15, 0.2) is 0 Å². The largest absolute Gasteiger partial charge is 0.337 e. The third kappa shape index (κ3) is 2.68. The predicted octanol–water partition coefficient (Wildman–Crippen LogP) is 3.44. The van der Waals surface area contributed by atoms with Crippen molar-refractivity contribution in [2.45, 2.75) is 19.3 Å². The maximum atomic E-state index is 12.3. The van der Waals surface area contributed by atoms with E-state index >= 15 is 0 Å². The molecule has 2 heterocycles. The van der Waals surface area contributed by atoms with Crippen molar-refractivity contribution >= 4 is 17.2 Å². The van der Waals surface area contributed by atoms with Crippen molar-refractivity contribution in [3.63, 3.8) is 0 Å². The van der Waals surface area contributed by atoms with E-state index in [0.29, 0.717) is 5.69 Å². The Hall–Kier alpha value is -1.68. The lowest BCUT2D eigenvalue weighted by Gasteiger charge is -2.25. The summed E-state index contributed by atoms with van der Waals surface area (Å²) in [6.07, 6.45) is 3.46. The van der Waals surface area contributed by atoms with Crippen molar-refractivity contribution in [3.8, 4) is 10.6 Å². The van der Waals surface area contributed by atoms with Gasteiger partial charge in [-0.15, -0.1) is 11.3 Å². The molecule has 1 aromatic carbocycles. The molecule has 0 saturated carbocycles. The van der Waals surface area contributed by atoms with E-state index in [1.807, 2.05) is 40.6 Å². The third-order valence-electron chi connectivity index (χ3n) is 3.39. The highest BCUT2D eigenvalue weighted by molar-refractivity contribution is 7.13. The van der Waals surface area contributed by atoms with E-state index in [1.165, 1.54) is 17.8 Å². The topological polar surface area (TPSA) is 33.2 Å². The Morgan fingerprint density at radius 3 is 2.58 bits per heavy atom. The monoisotopic (exact) mass is 272 g/mol. The van der Waals surface area contributed by atoms with E-state index in [0.717, 1.165) is 36.5 Å². The molecule has 1 aliphatic heterocycles. The van der Waals surface area contributed by atoms with Crippen LogP contribution in [0.25, 0.3) is 10.6 Å². The standard InChI is InChI=1S/C15H16N2OS/c18-15(17-9-5-2-6-10-17)13-11-19-14(16-13)12-7-3-1-4-8-12/h1,3-4,7-8,11H,2,5-6,9-10H2. The van der Waals surface area contributed by atoms with Crippen molar-refractivity contribution in [2.75, 3.05) is 13.1 Å². The van der Waals surface area contributed by atoms with Crippen LogP contribution in [0, 0.1) is 0 Å². The minimum absolute atomic E-state index is 0.0816. The lowest BCUT2D eigenvalue weighted by molar-refractivity contribution is 0.0719. The van der Waals surface area contributed by atoms with Crippen LogP contribution in [0.2, 0.25) is 0 Å². The lowest BCUT2D eigenvalue weighted by Crippen LogP contribution is -2.35. The second-order valence-corrected chi connectivity index (χ2v) is 5.61. The van der Waals surface area contributed by atoms with E-state index < -0.39 is 0 Å². The smallest absolute Gasteiger partial charge is 0.273 e. The average Bonchev–Trinajstić information content (AvgIpc) is 2.98. The van der Waals surface area contributed by atoms with E-state index in [1.54, 1.807) is 0 Å². The van der Waals surface area contributed by atoms with E-state index in [2.05, 4.69) is 4.98 Å². The Balaban J connectivity index is 1.79. The number of carbonyl (C=O) groups is 1. The fraction of sp³-hybridized carbons (Fsp3) is 0.333. The van der Waals surface area contributed by atoms with Gasteiger partial charge in [-0.1, -0.05) is 30.3 Å². The van der Waals surface area contributed by atoms with Crippen LogP contribution in [0.4, 0.5) is 0 Å². The van der Waals surface area contributed by atoms with Gasteiger partial charge in [0, 0.05) is 24.0 Å². The molecule has 0 aliphatic carbocycles. The second-order valence-electron chi connectivity index (χ2n) is 4.76. The summed E-state index contributed by atoms with van der Waals surface area (Å²) in [6, 6.07) is 10.0. The van der Waals surface area contributed by atoms with Gasteiger partial charge in [-0.2, -0.15) is 0 Å². The summed E-state index contributed by atoms with van der Waals surface area (Å²) in [4.78, 5) is 18.7. The number of hydrogen-bond donors (Lipinski definition) is 0. The van der Waals surface area contributed by atoms with Crippen molar-refractivity contribution in [1.29, 1.82) is 0 Å². The molecule has 1 aliphatic rings. The first-order valence-corrected chi connectivity index (χ1v) is 7.53. The fourth-order valence-electron chi connectivity index (χ4n) is 2.34. The highest BCUT2D eigenvalue weighted by Crippen LogP contribution is 2.24. The number of rotatable bonds is 2. The zero-order valence-electron chi connectivity index (χ0n) is 10.7. The van der Waals surface area contributed by atoms with Crippen LogP contribution in [0.15, 0.2) is 35.7 Å². The number of piperidine rings is 1. The Bertz CT molecular complexity index is 559. The Kier molecular flexibility index (Phi) is 3.60. The first kappa shape index (κ1) is 12.4. The SMILES string of the molecule is O=C(c1csc(-c2ccccc2)n1)N1CCCCC1. The van der Waals surface area contributed by atoms with Gasteiger partial charge in [-0.3, -0.25) is 4.79 Å². The first-order valence-electron chi connectivity index (χ1n) is 6.65. The maximum absolute atomic E-state index is 12.3. The molecule has 1 aromatic heterocycles. The van der Waals surface area contributed by atoms with Gasteiger partial charge >= 0.3 is 0 Å². The molecule has 1 amide bonds. The number of hydrogen-bond acceptors (Lipinski definition) is 3. The molecule has 0 N–H and O–H groups in total. The van der Waals surface area contributed by atoms with Crippen molar-refractivity contribution < 1.29 is 4.79 Å². The van der Waals surface area contributed by atoms with Gasteiger partial charge in [0.25, 0.3) is 5.91 Å². The van der Waals surface area contributed by atoms with Crippen molar-refractivity contribution in [1.82, 2.24) is 9.88 Å². The molecule has 3 rings (SSSR count). The van der Waals surface area contributed by atoms with Crippen molar-refractivity contribution in [3.05, 3.63) is 41.4 Å². The summed E-state index contributed by atoms with van der Waals surface area (Å²) in [5, 5.41) is 2.79.